The molecule has 0 aliphatic heterocycles. The van der Waals surface area contributed by atoms with Crippen molar-refractivity contribution in [2.45, 2.75) is 31.4 Å². The molecule has 1 aliphatic carbocycles. The van der Waals surface area contributed by atoms with Crippen LogP contribution in [0.5, 0.6) is 0 Å². The van der Waals surface area contributed by atoms with Crippen LogP contribution in [-0.4, -0.2) is 6.04 Å². The summed E-state index contributed by atoms with van der Waals surface area (Å²) in [4.78, 5) is 5.56. The van der Waals surface area contributed by atoms with E-state index in [1.165, 1.54) is 11.1 Å². The fraction of sp³-hybridized carbons (Fsp3) is 0.294. The summed E-state index contributed by atoms with van der Waals surface area (Å²) in [5.41, 5.74) is 5.59. The quantitative estimate of drug-likeness (QED) is 0.828. The van der Waals surface area contributed by atoms with Crippen LogP contribution in [0.15, 0.2) is 54.6 Å². The molecule has 1 aliphatic rings. The number of nitrogens with one attached hydrogen (secondary N) is 1. The van der Waals surface area contributed by atoms with Crippen LogP contribution in [0.4, 0.5) is 0 Å². The van der Waals surface area contributed by atoms with Crippen molar-refractivity contribution in [2.24, 2.45) is 0 Å². The van der Waals surface area contributed by atoms with Crippen molar-refractivity contribution in [2.75, 3.05) is 0 Å². The maximum Gasteiger partial charge on any atom is 0.0933 e. The molecule has 2 nitrogen and oxygen atoms in total. The van der Waals surface area contributed by atoms with Gasteiger partial charge in [0.1, 0.15) is 0 Å². The molecule has 1 saturated carbocycles. The molecule has 0 radical (unpaired) electrons. The van der Waals surface area contributed by atoms with Gasteiger partial charge in [0.25, 0.3) is 0 Å². The smallest absolute Gasteiger partial charge is 0.0933 e. The highest BCUT2D eigenvalue weighted by atomic mass is 35.5. The molecular weight excluding hydrogens is 270 g/mol. The van der Waals surface area contributed by atoms with Gasteiger partial charge in [-0.2, -0.15) is 5.48 Å². The summed E-state index contributed by atoms with van der Waals surface area (Å²) in [7, 11) is 0. The third-order valence-electron chi connectivity index (χ3n) is 3.81. The third-order valence-corrected chi connectivity index (χ3v) is 4.16. The van der Waals surface area contributed by atoms with E-state index in [2.05, 4.69) is 23.7 Å². The highest BCUT2D eigenvalue weighted by molar-refractivity contribution is 6.31. The molecule has 0 amide bonds. The molecule has 1 fully saturated rings. The first-order valence-corrected chi connectivity index (χ1v) is 7.36. The Kier molecular flexibility index (Phi) is 4.36. The summed E-state index contributed by atoms with van der Waals surface area (Å²) in [6.07, 6.45) is 2.16. The van der Waals surface area contributed by atoms with E-state index in [1.54, 1.807) is 0 Å². The van der Waals surface area contributed by atoms with Gasteiger partial charge in [-0.3, -0.25) is 4.84 Å². The van der Waals surface area contributed by atoms with Crippen molar-refractivity contribution >= 4 is 11.6 Å². The molecule has 0 unspecified atom stereocenters. The molecule has 104 valence electrons. The second kappa shape index (κ2) is 6.40. The maximum atomic E-state index is 6.21. The van der Waals surface area contributed by atoms with Gasteiger partial charge < -0.3 is 0 Å². The van der Waals surface area contributed by atoms with Gasteiger partial charge in [-0.15, -0.1) is 0 Å². The summed E-state index contributed by atoms with van der Waals surface area (Å²) in [5, 5.41) is 0.876. The van der Waals surface area contributed by atoms with E-state index < -0.39 is 0 Å². The van der Waals surface area contributed by atoms with E-state index in [1.807, 2.05) is 36.4 Å². The number of rotatable bonds is 5. The Hall–Kier alpha value is -1.35. The molecule has 0 spiro atoms. The van der Waals surface area contributed by atoms with Crippen LogP contribution in [0, 0.1) is 0 Å². The molecule has 2 aromatic rings. The average molecular weight is 288 g/mol. The number of halogens is 1. The average Bonchev–Trinajstić information content (AvgIpc) is 2.44. The van der Waals surface area contributed by atoms with Crippen molar-refractivity contribution in [1.82, 2.24) is 5.48 Å². The molecule has 0 atom stereocenters. The van der Waals surface area contributed by atoms with E-state index >= 15 is 0 Å². The van der Waals surface area contributed by atoms with E-state index in [0.717, 1.165) is 17.9 Å². The molecule has 0 bridgehead atoms. The van der Waals surface area contributed by atoms with Crippen molar-refractivity contribution in [1.29, 1.82) is 0 Å². The van der Waals surface area contributed by atoms with Crippen LogP contribution in [0.2, 0.25) is 5.02 Å². The monoisotopic (exact) mass is 287 g/mol. The minimum absolute atomic E-state index is 0.431. The summed E-state index contributed by atoms with van der Waals surface area (Å²) in [5.74, 6) is 0.557. The lowest BCUT2D eigenvalue weighted by Crippen LogP contribution is -2.40. The maximum absolute atomic E-state index is 6.21. The number of hydroxylamine groups is 1. The molecule has 2 aromatic carbocycles. The van der Waals surface area contributed by atoms with Crippen LogP contribution >= 0.6 is 11.6 Å². The van der Waals surface area contributed by atoms with Crippen LogP contribution < -0.4 is 5.48 Å². The minimum atomic E-state index is 0.431. The van der Waals surface area contributed by atoms with E-state index in [4.69, 9.17) is 16.4 Å². The predicted octanol–water partition coefficient (Wildman–Crippen LogP) is 4.31. The molecule has 0 aromatic heterocycles. The summed E-state index contributed by atoms with van der Waals surface area (Å²) >= 11 is 6.21. The third kappa shape index (κ3) is 3.21. The molecule has 0 heterocycles. The van der Waals surface area contributed by atoms with E-state index in [0.29, 0.717) is 18.6 Å². The Morgan fingerprint density at radius 1 is 1.00 bits per heavy atom. The van der Waals surface area contributed by atoms with Gasteiger partial charge >= 0.3 is 0 Å². The van der Waals surface area contributed by atoms with Crippen LogP contribution in [-0.2, 0) is 11.4 Å². The molecule has 20 heavy (non-hydrogen) atoms. The SMILES string of the molecule is Clc1ccccc1C1CC(NOCc2ccccc2)C1. The van der Waals surface area contributed by atoms with Gasteiger partial charge in [0.05, 0.1) is 6.61 Å². The van der Waals surface area contributed by atoms with E-state index in [9.17, 15) is 0 Å². The Morgan fingerprint density at radius 2 is 1.70 bits per heavy atom. The van der Waals surface area contributed by atoms with Gasteiger partial charge in [-0.1, -0.05) is 60.1 Å². The van der Waals surface area contributed by atoms with Crippen molar-refractivity contribution in [3.63, 3.8) is 0 Å². The summed E-state index contributed by atoms with van der Waals surface area (Å²) in [6, 6.07) is 18.7. The van der Waals surface area contributed by atoms with Gasteiger partial charge in [0.15, 0.2) is 0 Å². The Labute approximate surface area is 124 Å². The van der Waals surface area contributed by atoms with Gasteiger partial charge in [-0.05, 0) is 36.0 Å². The first kappa shape index (κ1) is 13.6. The summed E-state index contributed by atoms with van der Waals surface area (Å²) in [6.45, 7) is 0.605. The van der Waals surface area contributed by atoms with Gasteiger partial charge in [-0.25, -0.2) is 0 Å². The zero-order chi connectivity index (χ0) is 13.8. The standard InChI is InChI=1S/C17H18ClNO/c18-17-9-5-4-8-16(17)14-10-15(11-14)19-20-12-13-6-2-1-3-7-13/h1-9,14-15,19H,10-12H2. The zero-order valence-electron chi connectivity index (χ0n) is 11.3. The molecule has 3 heteroatoms. The predicted molar refractivity (Wildman–Crippen MR) is 81.6 cm³/mol. The first-order chi connectivity index (χ1) is 9.83. The lowest BCUT2D eigenvalue weighted by atomic mass is 9.76. The summed E-state index contributed by atoms with van der Waals surface area (Å²) < 4.78 is 0. The Balaban J connectivity index is 1.42. The van der Waals surface area contributed by atoms with Crippen molar-refractivity contribution in [3.8, 4) is 0 Å². The van der Waals surface area contributed by atoms with E-state index in [-0.39, 0.29) is 0 Å². The van der Waals surface area contributed by atoms with Crippen molar-refractivity contribution < 1.29 is 4.84 Å². The van der Waals surface area contributed by atoms with Crippen LogP contribution in [0.3, 0.4) is 0 Å². The second-order valence-electron chi connectivity index (χ2n) is 5.28. The topological polar surface area (TPSA) is 21.3 Å². The highest BCUT2D eigenvalue weighted by Crippen LogP contribution is 2.39. The molecule has 3 rings (SSSR count). The number of hydrogen-bond donors (Lipinski definition) is 1. The first-order valence-electron chi connectivity index (χ1n) is 6.98. The molecule has 1 N–H and O–H groups in total. The Bertz CT molecular complexity index is 552. The second-order valence-corrected chi connectivity index (χ2v) is 5.69. The largest absolute Gasteiger partial charge is 0.297 e. The lowest BCUT2D eigenvalue weighted by Gasteiger charge is -2.36. The molecule has 0 saturated heterocycles. The van der Waals surface area contributed by atoms with Gasteiger partial charge in [0.2, 0.25) is 0 Å². The lowest BCUT2D eigenvalue weighted by molar-refractivity contribution is -0.0197. The Morgan fingerprint density at radius 3 is 2.45 bits per heavy atom. The number of benzene rings is 2. The number of hydrogen-bond acceptors (Lipinski definition) is 2. The highest BCUT2D eigenvalue weighted by Gasteiger charge is 2.31. The fourth-order valence-corrected chi connectivity index (χ4v) is 2.88. The minimum Gasteiger partial charge on any atom is -0.297 e. The fourth-order valence-electron chi connectivity index (χ4n) is 2.59. The van der Waals surface area contributed by atoms with Crippen LogP contribution in [0.25, 0.3) is 0 Å². The van der Waals surface area contributed by atoms with Gasteiger partial charge in [0, 0.05) is 11.1 Å². The molecular formula is C17H18ClNO. The normalized spacial score (nSPS) is 21.4. The van der Waals surface area contributed by atoms with Crippen LogP contribution in [0.1, 0.15) is 29.9 Å². The zero-order valence-corrected chi connectivity index (χ0v) is 12.0. The van der Waals surface area contributed by atoms with Crippen molar-refractivity contribution in [3.05, 3.63) is 70.7 Å².